The lowest BCUT2D eigenvalue weighted by atomic mass is 9.89. The SMILES string of the molecule is [N-]=[N+]=NCOC1CC(n2cc(C#CCNC(=O)COCCOC(COc3cccc(C(=O)NCCNC(=O)c4ccc(C(=O)O)c(-c5c6ccc(=[NH2+])c(S(=O)(=O)[O-])c-6oc6c(S(=O)(=O)[O-])c([NH3+])ccc56)c4)c3)N=[N+]=[N-])c3c(=O)[nH]c(N)nc32)OC1COP(=O)(O)OP(=O)([O-])OP(=O)([O-])O. The highest BCUT2D eigenvalue weighted by atomic mass is 32.2. The zero-order valence-electron chi connectivity index (χ0n) is 50.0. The van der Waals surface area contributed by atoms with Crippen LogP contribution >= 0.6 is 23.5 Å². The van der Waals surface area contributed by atoms with Crippen LogP contribution in [0.4, 0.5) is 11.6 Å². The number of benzene rings is 4. The normalized spacial score (nSPS) is 16.8. The molecule has 0 radical (unpaired) electrons. The summed E-state index contributed by atoms with van der Waals surface area (Å²) in [6, 6.07) is 13.4. The summed E-state index contributed by atoms with van der Waals surface area (Å²) in [5.74, 6) is 0.560. The maximum atomic E-state index is 13.6. The van der Waals surface area contributed by atoms with Crippen LogP contribution in [0.3, 0.4) is 0 Å². The molecule has 0 spiro atoms. The zero-order chi connectivity index (χ0) is 72.4. The quantitative estimate of drug-likeness (QED) is 0.00337. The minimum absolute atomic E-state index is 0.0129. The fourth-order valence-electron chi connectivity index (χ4n) is 9.59. The molecule has 14 N–H and O–H groups in total. The van der Waals surface area contributed by atoms with Gasteiger partial charge < -0.3 is 93.9 Å². The molecule has 7 atom stereocenters. The first-order chi connectivity index (χ1) is 46.6. The Kier molecular flexibility index (Phi) is 24.0. The highest BCUT2D eigenvalue weighted by Gasteiger charge is 2.41. The number of phosphoric ester groups is 1. The van der Waals surface area contributed by atoms with E-state index in [9.17, 15) is 88.9 Å². The second-order valence-electron chi connectivity index (χ2n) is 20.1. The number of azide groups is 2. The van der Waals surface area contributed by atoms with Crippen LogP contribution in [-0.2, 0) is 70.8 Å². The van der Waals surface area contributed by atoms with E-state index in [1.54, 1.807) is 0 Å². The van der Waals surface area contributed by atoms with E-state index in [0.717, 1.165) is 36.4 Å². The molecule has 7 unspecified atom stereocenters. The number of fused-ring (bicyclic) bond motifs is 3. The molecule has 3 aliphatic rings. The van der Waals surface area contributed by atoms with Crippen LogP contribution in [0.25, 0.3) is 65.3 Å². The summed E-state index contributed by atoms with van der Waals surface area (Å²) in [7, 11) is -28.9. The monoisotopic (exact) mass is 1480 g/mol. The number of carbonyl (C=O) groups is 4. The molecule has 5 aromatic rings. The van der Waals surface area contributed by atoms with Crippen LogP contribution in [0.15, 0.2) is 102 Å². The molecule has 1 saturated heterocycles. The van der Waals surface area contributed by atoms with Crippen molar-refractivity contribution in [3.63, 3.8) is 0 Å². The van der Waals surface area contributed by atoms with Crippen LogP contribution in [-0.4, -0.2) is 157 Å². The topological polar surface area (TPSA) is 691 Å². The van der Waals surface area contributed by atoms with Crippen molar-refractivity contribution in [1.29, 1.82) is 0 Å². The molecular weight excluding hydrogens is 1430 g/mol. The van der Waals surface area contributed by atoms with Crippen LogP contribution in [0.5, 0.6) is 5.75 Å². The summed E-state index contributed by atoms with van der Waals surface area (Å²) in [6.07, 6.45) is -3.96. The van der Waals surface area contributed by atoms with E-state index >= 15 is 0 Å². The van der Waals surface area contributed by atoms with Gasteiger partial charge in [-0.15, -0.1) is 0 Å². The van der Waals surface area contributed by atoms with Crippen molar-refractivity contribution in [2.45, 2.75) is 40.9 Å². The Hall–Kier alpha value is -9.54. The molecular formula is C51H50N15O28P3S2-2. The zero-order valence-corrected chi connectivity index (χ0v) is 54.3. The number of phosphoric acid groups is 3. The number of nitrogens with one attached hydrogen (secondary N) is 4. The number of aromatic amines is 1. The maximum absolute atomic E-state index is 13.6. The average molecular weight is 1480 g/mol. The molecule has 99 heavy (non-hydrogen) atoms. The first kappa shape index (κ1) is 75.2. The third-order valence-corrected chi connectivity index (χ3v) is 19.1. The number of carboxylic acids is 1. The third-order valence-electron chi connectivity index (χ3n) is 13.5. The number of hydrogen-bond acceptors (Lipinski definition) is 29. The Morgan fingerprint density at radius 2 is 1.65 bits per heavy atom. The Morgan fingerprint density at radius 1 is 0.939 bits per heavy atom. The lowest BCUT2D eigenvalue weighted by Crippen LogP contribution is -2.47. The maximum Gasteiger partial charge on any atom is 0.478 e. The number of H-pyrrole nitrogens is 1. The molecule has 2 aliphatic heterocycles. The van der Waals surface area contributed by atoms with Gasteiger partial charge in [-0.1, -0.05) is 28.1 Å². The number of aromatic carboxylic acids is 1. The van der Waals surface area contributed by atoms with Crippen molar-refractivity contribution in [3.8, 4) is 40.0 Å². The molecule has 43 nitrogen and oxygen atoms in total. The van der Waals surface area contributed by atoms with Gasteiger partial charge in [0.2, 0.25) is 17.2 Å². The standard InChI is InChI=1S/C51H52N15O28P3S2/c52-33-10-8-30-41(31-9-11-34(53)45(99(83,84)85)43(31)92-42(30)44(33)98(80,81)82)32-18-26(6-7-29(32)50(71)72)48(69)59-14-13-58-47(68)25-3-1-5-28(17-25)88-23-38(63-65-56)87-16-15-86-22-37(67)57-12-2-4-27-20-66(46-40(27)49(70)62-51(54)61-46)39-19-35(89-24-60-64-55)36(91-39)21-90-96(76,77)94-97(78,79)93-95(73,74)75/h1,3,5-11,17-18,20,35-36,38-39,52H,12-16,19,21-24,53H2,(H,57,67)(H,58,68)(H,59,69)(H,71,72)(H,76,77)(H,78,79)(H2,73,74,75)(H,80,81,82)(H,83,84,85)(H3,54,61,62,70)/p-2. The van der Waals surface area contributed by atoms with Gasteiger partial charge >= 0.3 is 13.8 Å². The van der Waals surface area contributed by atoms with E-state index in [1.807, 2.05) is 0 Å². The number of rotatable bonds is 31. The predicted molar refractivity (Wildman–Crippen MR) is 323 cm³/mol. The number of carboxylic acid groups (broad SMARTS) is 1. The van der Waals surface area contributed by atoms with Gasteiger partial charge in [-0.05, 0) is 65.2 Å². The van der Waals surface area contributed by atoms with Crippen molar-refractivity contribution in [1.82, 2.24) is 30.5 Å². The Labute approximate surface area is 553 Å². The number of anilines is 1. The van der Waals surface area contributed by atoms with Gasteiger partial charge in [0, 0.05) is 75.3 Å². The first-order valence-electron chi connectivity index (χ1n) is 27.6. The van der Waals surface area contributed by atoms with E-state index < -0.39 is 155 Å². The van der Waals surface area contributed by atoms with Gasteiger partial charge in [0.05, 0.1) is 49.0 Å². The molecule has 1 aliphatic carbocycles. The molecule has 526 valence electrons. The van der Waals surface area contributed by atoms with Crippen LogP contribution in [0.2, 0.25) is 0 Å². The third kappa shape index (κ3) is 19.4. The van der Waals surface area contributed by atoms with Gasteiger partial charge in [-0.25, -0.2) is 34.8 Å². The molecule has 8 rings (SSSR count). The van der Waals surface area contributed by atoms with E-state index in [0.29, 0.717) is 0 Å². The van der Waals surface area contributed by atoms with E-state index in [2.05, 4.69) is 76.7 Å². The summed E-state index contributed by atoms with van der Waals surface area (Å²) in [4.78, 5) is 116. The molecule has 0 saturated carbocycles. The molecule has 3 amide bonds. The summed E-state index contributed by atoms with van der Waals surface area (Å²) < 4.78 is 157. The van der Waals surface area contributed by atoms with E-state index in [4.69, 9.17) is 49.7 Å². The Bertz CT molecular complexity index is 5010. The minimum atomic E-state index is -6.19. The first-order valence-corrected chi connectivity index (χ1v) is 34.8. The van der Waals surface area contributed by atoms with Crippen LogP contribution in [0, 0.1) is 11.8 Å². The number of ether oxygens (including phenoxy) is 5. The lowest BCUT2D eigenvalue weighted by molar-refractivity contribution is -0.258. The van der Waals surface area contributed by atoms with Gasteiger partial charge in [-0.2, -0.15) is 4.98 Å². The van der Waals surface area contributed by atoms with Crippen molar-refractivity contribution >= 4 is 101 Å². The number of nitrogen functional groups attached to an aromatic ring is 1. The second-order valence-corrected chi connectivity index (χ2v) is 27.1. The van der Waals surface area contributed by atoms with Gasteiger partial charge in [0.1, 0.15) is 63.9 Å². The fourth-order valence-corrected chi connectivity index (χ4v) is 14.0. The number of quaternary nitrogens is 1. The minimum Gasteiger partial charge on any atom is -0.756 e. The molecule has 2 aromatic heterocycles. The summed E-state index contributed by atoms with van der Waals surface area (Å²) in [5.41, 5.74) is 23.7. The number of nitrogens with two attached hydrogens (primary N) is 2. The van der Waals surface area contributed by atoms with Gasteiger partial charge in [0.25, 0.3) is 33.0 Å². The van der Waals surface area contributed by atoms with Gasteiger partial charge in [0.15, 0.2) is 33.0 Å². The molecule has 48 heteroatoms. The molecule has 0 bridgehead atoms. The largest absolute Gasteiger partial charge is 0.756 e. The Morgan fingerprint density at radius 3 is 2.31 bits per heavy atom. The lowest BCUT2D eigenvalue weighted by Gasteiger charge is -2.28. The summed E-state index contributed by atoms with van der Waals surface area (Å²) in [5, 5.41) is 29.5. The van der Waals surface area contributed by atoms with Crippen molar-refractivity contribution in [2.75, 3.05) is 65.1 Å². The average Bonchev–Trinajstić information content (AvgIpc) is 1.41. The van der Waals surface area contributed by atoms with E-state index in [-0.39, 0.29) is 107 Å². The molecule has 1 fully saturated rings. The van der Waals surface area contributed by atoms with Crippen molar-refractivity contribution in [2.24, 2.45) is 10.2 Å². The predicted octanol–water partition coefficient (Wildman–Crippen LogP) is -1.74. The smallest absolute Gasteiger partial charge is 0.478 e. The molecule has 4 heterocycles. The highest BCUT2D eigenvalue weighted by Crippen LogP contribution is 2.63. The number of hydrogen-bond donors (Lipinski definition) is 10. The summed E-state index contributed by atoms with van der Waals surface area (Å²) >= 11 is 0. The molecule has 3 aromatic carbocycles. The number of carbonyl (C=O) groups excluding carboxylic acids is 3. The highest BCUT2D eigenvalue weighted by molar-refractivity contribution is 7.86. The second kappa shape index (κ2) is 31.5. The fraction of sp³-hybridized carbons (Fsp3) is 0.275. The van der Waals surface area contributed by atoms with Crippen LogP contribution in [0.1, 0.15) is 49.3 Å². The number of nitrogens with zero attached hydrogens (tertiary/aromatic N) is 8. The Balaban J connectivity index is 0.813. The van der Waals surface area contributed by atoms with Gasteiger partial charge in [-0.3, -0.25) is 43.2 Å². The number of amides is 3. The van der Waals surface area contributed by atoms with Crippen LogP contribution < -0.4 is 58.3 Å². The number of aromatic nitrogens is 3. The van der Waals surface area contributed by atoms with E-state index in [1.165, 1.54) is 41.1 Å². The van der Waals surface area contributed by atoms with Crippen molar-refractivity contribution in [3.05, 3.63) is 132 Å². The summed E-state index contributed by atoms with van der Waals surface area (Å²) in [6.45, 7) is -3.71. The van der Waals surface area contributed by atoms with Crippen molar-refractivity contribution < 1.29 is 136 Å².